The number of carbonyl (C=O) groups is 1. The lowest BCUT2D eigenvalue weighted by molar-refractivity contribution is 0.251. The quantitative estimate of drug-likeness (QED) is 0.879. The Kier molecular flexibility index (Phi) is 5.85. The zero-order valence-electron chi connectivity index (χ0n) is 14.6. The minimum Gasteiger partial charge on any atom is -0.354 e. The molecule has 0 spiro atoms. The summed E-state index contributed by atoms with van der Waals surface area (Å²) in [6, 6.07) is 13.5. The molecule has 132 valence electrons. The molecule has 0 saturated carbocycles. The lowest BCUT2D eigenvalue weighted by Crippen LogP contribution is -2.46. The van der Waals surface area contributed by atoms with Gasteiger partial charge in [0.05, 0.1) is 11.9 Å². The van der Waals surface area contributed by atoms with Crippen LogP contribution in [0.5, 0.6) is 0 Å². The Balaban J connectivity index is 1.48. The average Bonchev–Trinajstić information content (AvgIpc) is 2.68. The highest BCUT2D eigenvalue weighted by molar-refractivity contribution is 5.89. The van der Waals surface area contributed by atoms with Gasteiger partial charge in [0.25, 0.3) is 0 Å². The molecule has 6 heteroatoms. The standard InChI is InChI=1S/C19H25N5O/c1-2-23-10-12-24(13-11-23)18-9-8-17(15-20-18)22-19(25)21-14-16-6-4-3-5-7-16/h3-9,15H,2,10-14H2,1H3,(H2,21,22,25). The molecule has 1 aromatic carbocycles. The first kappa shape index (κ1) is 17.2. The first-order valence-electron chi connectivity index (χ1n) is 8.76. The van der Waals surface area contributed by atoms with Crippen molar-refractivity contribution in [1.82, 2.24) is 15.2 Å². The molecule has 0 atom stereocenters. The van der Waals surface area contributed by atoms with E-state index in [1.165, 1.54) is 0 Å². The molecular weight excluding hydrogens is 314 g/mol. The van der Waals surface area contributed by atoms with Crippen molar-refractivity contribution >= 4 is 17.5 Å². The smallest absolute Gasteiger partial charge is 0.319 e. The molecule has 0 aliphatic carbocycles. The van der Waals surface area contributed by atoms with Crippen LogP contribution >= 0.6 is 0 Å². The summed E-state index contributed by atoms with van der Waals surface area (Å²) < 4.78 is 0. The number of hydrogen-bond donors (Lipinski definition) is 2. The van der Waals surface area contributed by atoms with Crippen molar-refractivity contribution in [2.24, 2.45) is 0 Å². The Morgan fingerprint density at radius 2 is 1.84 bits per heavy atom. The number of pyridine rings is 1. The van der Waals surface area contributed by atoms with E-state index in [4.69, 9.17) is 0 Å². The zero-order chi connectivity index (χ0) is 17.5. The molecule has 2 N–H and O–H groups in total. The Morgan fingerprint density at radius 3 is 2.48 bits per heavy atom. The number of benzene rings is 1. The number of carbonyl (C=O) groups excluding carboxylic acids is 1. The monoisotopic (exact) mass is 339 g/mol. The van der Waals surface area contributed by atoms with Gasteiger partial charge < -0.3 is 20.4 Å². The molecule has 0 bridgehead atoms. The molecule has 1 fully saturated rings. The van der Waals surface area contributed by atoms with Crippen LogP contribution in [-0.2, 0) is 6.54 Å². The van der Waals surface area contributed by atoms with Crippen molar-refractivity contribution < 1.29 is 4.79 Å². The largest absolute Gasteiger partial charge is 0.354 e. The second kappa shape index (κ2) is 8.48. The van der Waals surface area contributed by atoms with E-state index in [1.54, 1.807) is 6.20 Å². The lowest BCUT2D eigenvalue weighted by Gasteiger charge is -2.34. The van der Waals surface area contributed by atoms with Crippen LogP contribution in [0.25, 0.3) is 0 Å². The number of anilines is 2. The van der Waals surface area contributed by atoms with Gasteiger partial charge >= 0.3 is 6.03 Å². The molecule has 0 unspecified atom stereocenters. The van der Waals surface area contributed by atoms with Gasteiger partial charge in [-0.05, 0) is 24.2 Å². The van der Waals surface area contributed by atoms with E-state index in [0.717, 1.165) is 44.1 Å². The highest BCUT2D eigenvalue weighted by Crippen LogP contribution is 2.16. The van der Waals surface area contributed by atoms with E-state index in [9.17, 15) is 4.79 Å². The van der Waals surface area contributed by atoms with Gasteiger partial charge in [0.2, 0.25) is 0 Å². The minimum absolute atomic E-state index is 0.227. The molecule has 1 aliphatic heterocycles. The van der Waals surface area contributed by atoms with Crippen molar-refractivity contribution in [3.63, 3.8) is 0 Å². The molecule has 1 aromatic heterocycles. The number of aromatic nitrogens is 1. The summed E-state index contributed by atoms with van der Waals surface area (Å²) in [4.78, 5) is 21.2. The number of nitrogens with one attached hydrogen (secondary N) is 2. The number of nitrogens with zero attached hydrogens (tertiary/aromatic N) is 3. The molecule has 2 amide bonds. The van der Waals surface area contributed by atoms with Crippen molar-refractivity contribution in [2.45, 2.75) is 13.5 Å². The summed E-state index contributed by atoms with van der Waals surface area (Å²) in [7, 11) is 0. The maximum atomic E-state index is 12.0. The van der Waals surface area contributed by atoms with Gasteiger partial charge in [0.1, 0.15) is 5.82 Å². The van der Waals surface area contributed by atoms with E-state index < -0.39 is 0 Å². The second-order valence-electron chi connectivity index (χ2n) is 6.12. The van der Waals surface area contributed by atoms with Crippen molar-refractivity contribution in [2.75, 3.05) is 42.9 Å². The number of rotatable bonds is 5. The lowest BCUT2D eigenvalue weighted by atomic mass is 10.2. The van der Waals surface area contributed by atoms with Crippen LogP contribution in [0.4, 0.5) is 16.3 Å². The maximum absolute atomic E-state index is 12.0. The summed E-state index contributed by atoms with van der Waals surface area (Å²) in [6.07, 6.45) is 1.71. The predicted molar refractivity (Wildman–Crippen MR) is 101 cm³/mol. The highest BCUT2D eigenvalue weighted by Gasteiger charge is 2.16. The van der Waals surface area contributed by atoms with Crippen LogP contribution in [0.3, 0.4) is 0 Å². The third-order valence-corrected chi connectivity index (χ3v) is 4.45. The number of likely N-dealkylation sites (N-methyl/N-ethyl adjacent to an activating group) is 1. The van der Waals surface area contributed by atoms with Crippen molar-refractivity contribution in [1.29, 1.82) is 0 Å². The second-order valence-corrected chi connectivity index (χ2v) is 6.12. The number of hydrogen-bond acceptors (Lipinski definition) is 4. The molecular formula is C19H25N5O. The first-order valence-corrected chi connectivity index (χ1v) is 8.76. The SMILES string of the molecule is CCN1CCN(c2ccc(NC(=O)NCc3ccccc3)cn2)CC1. The van der Waals surface area contributed by atoms with E-state index in [2.05, 4.69) is 32.3 Å². The third kappa shape index (κ3) is 4.93. The summed E-state index contributed by atoms with van der Waals surface area (Å²) >= 11 is 0. The predicted octanol–water partition coefficient (Wildman–Crippen LogP) is 2.55. The molecule has 1 aliphatic rings. The van der Waals surface area contributed by atoms with Gasteiger partial charge in [-0.25, -0.2) is 9.78 Å². The Hall–Kier alpha value is -2.60. The topological polar surface area (TPSA) is 60.5 Å². The van der Waals surface area contributed by atoms with Gasteiger partial charge in [-0.2, -0.15) is 0 Å². The van der Waals surface area contributed by atoms with Gasteiger partial charge in [-0.3, -0.25) is 0 Å². The van der Waals surface area contributed by atoms with Crippen LogP contribution in [0.2, 0.25) is 0 Å². The Bertz CT molecular complexity index is 666. The molecule has 3 rings (SSSR count). The minimum atomic E-state index is -0.227. The van der Waals surface area contributed by atoms with Gasteiger partial charge in [-0.15, -0.1) is 0 Å². The summed E-state index contributed by atoms with van der Waals surface area (Å²) in [5.74, 6) is 0.964. The van der Waals surface area contributed by atoms with Crippen LogP contribution in [0.15, 0.2) is 48.7 Å². The number of piperazine rings is 1. The van der Waals surface area contributed by atoms with Crippen LogP contribution in [-0.4, -0.2) is 48.6 Å². The van der Waals surface area contributed by atoms with Crippen molar-refractivity contribution in [3.05, 3.63) is 54.2 Å². The maximum Gasteiger partial charge on any atom is 0.319 e. The Morgan fingerprint density at radius 1 is 1.08 bits per heavy atom. The number of urea groups is 1. The van der Waals surface area contributed by atoms with Crippen LogP contribution < -0.4 is 15.5 Å². The van der Waals surface area contributed by atoms with Gasteiger partial charge in [0.15, 0.2) is 0 Å². The van der Waals surface area contributed by atoms with E-state index in [-0.39, 0.29) is 6.03 Å². The normalized spacial score (nSPS) is 15.0. The zero-order valence-corrected chi connectivity index (χ0v) is 14.6. The molecule has 0 radical (unpaired) electrons. The van der Waals surface area contributed by atoms with Crippen molar-refractivity contribution in [3.8, 4) is 0 Å². The van der Waals surface area contributed by atoms with Crippen LogP contribution in [0, 0.1) is 0 Å². The van der Waals surface area contributed by atoms with E-state index in [0.29, 0.717) is 12.2 Å². The summed E-state index contributed by atoms with van der Waals surface area (Å²) in [5.41, 5.74) is 1.76. The molecule has 1 saturated heterocycles. The molecule has 25 heavy (non-hydrogen) atoms. The number of amides is 2. The first-order chi connectivity index (χ1) is 12.2. The van der Waals surface area contributed by atoms with Gasteiger partial charge in [-0.1, -0.05) is 37.3 Å². The Labute approximate surface area is 148 Å². The van der Waals surface area contributed by atoms with Gasteiger partial charge in [0, 0.05) is 32.7 Å². The molecule has 6 nitrogen and oxygen atoms in total. The highest BCUT2D eigenvalue weighted by atomic mass is 16.2. The third-order valence-electron chi connectivity index (χ3n) is 4.45. The average molecular weight is 339 g/mol. The molecule has 2 heterocycles. The molecule has 2 aromatic rings. The summed E-state index contributed by atoms with van der Waals surface area (Å²) in [6.45, 7) is 7.91. The van der Waals surface area contributed by atoms with E-state index in [1.807, 2.05) is 42.5 Å². The fourth-order valence-electron chi connectivity index (χ4n) is 2.89. The fraction of sp³-hybridized carbons (Fsp3) is 0.368. The fourth-order valence-corrected chi connectivity index (χ4v) is 2.89. The van der Waals surface area contributed by atoms with Crippen LogP contribution in [0.1, 0.15) is 12.5 Å². The summed E-state index contributed by atoms with van der Waals surface area (Å²) in [5, 5.41) is 5.66. The van der Waals surface area contributed by atoms with E-state index >= 15 is 0 Å².